The number of benzene rings is 1. The Morgan fingerprint density at radius 2 is 1.45 bits per heavy atom. The van der Waals surface area contributed by atoms with E-state index in [9.17, 15) is 13.6 Å². The van der Waals surface area contributed by atoms with Crippen LogP contribution in [-0.4, -0.2) is 12.6 Å². The summed E-state index contributed by atoms with van der Waals surface area (Å²) in [7, 11) is 0. The first-order valence-electron chi connectivity index (χ1n) is 7.35. The molecule has 22 heavy (non-hydrogen) atoms. The fraction of sp³-hybridized carbons (Fsp3) is 0.500. The van der Waals surface area contributed by atoms with Gasteiger partial charge in [0, 0.05) is 5.41 Å². The molecule has 122 valence electrons. The summed E-state index contributed by atoms with van der Waals surface area (Å²) in [5.74, 6) is -0.965. The van der Waals surface area contributed by atoms with Crippen molar-refractivity contribution in [2.45, 2.75) is 52.4 Å². The molecule has 2 nitrogen and oxygen atoms in total. The molecule has 0 atom stereocenters. The summed E-state index contributed by atoms with van der Waals surface area (Å²) in [5, 5.41) is 0. The maximum Gasteiger partial charge on any atom is 0.340 e. The van der Waals surface area contributed by atoms with Crippen molar-refractivity contribution in [3.05, 3.63) is 47.0 Å². The minimum Gasteiger partial charge on any atom is -0.462 e. The van der Waals surface area contributed by atoms with Gasteiger partial charge in [0.15, 0.2) is 0 Å². The van der Waals surface area contributed by atoms with Crippen molar-refractivity contribution in [2.24, 2.45) is 0 Å². The summed E-state index contributed by atoms with van der Waals surface area (Å²) < 4.78 is 31.4. The fourth-order valence-corrected chi connectivity index (χ4v) is 2.30. The first-order chi connectivity index (χ1) is 10.0. The third-order valence-electron chi connectivity index (χ3n) is 3.77. The molecular formula is C18H24F2O2. The maximum atomic E-state index is 13.3. The Kier molecular flexibility index (Phi) is 5.49. The van der Waals surface area contributed by atoms with Gasteiger partial charge in [-0.15, -0.1) is 0 Å². The Balaban J connectivity index is 3.27. The number of carbonyl (C=O) groups excluding carboxylic acids is 1. The van der Waals surface area contributed by atoms with Crippen LogP contribution >= 0.6 is 0 Å². The van der Waals surface area contributed by atoms with Crippen molar-refractivity contribution < 1.29 is 18.3 Å². The molecule has 0 unspecified atom stereocenters. The second-order valence-electron chi connectivity index (χ2n) is 6.81. The maximum absolute atomic E-state index is 13.3. The SMILES string of the molecule is CCOC(=O)C(=C(F)F)C(C)(C)c1ccc(C(C)(C)C)cc1. The van der Waals surface area contributed by atoms with Crippen LogP contribution in [0.2, 0.25) is 0 Å². The highest BCUT2D eigenvalue weighted by molar-refractivity contribution is 5.91. The van der Waals surface area contributed by atoms with Crippen molar-refractivity contribution in [3.63, 3.8) is 0 Å². The second-order valence-corrected chi connectivity index (χ2v) is 6.81. The van der Waals surface area contributed by atoms with Gasteiger partial charge in [-0.2, -0.15) is 8.78 Å². The monoisotopic (exact) mass is 310 g/mol. The lowest BCUT2D eigenvalue weighted by Crippen LogP contribution is -2.28. The number of ether oxygens (including phenoxy) is 1. The molecule has 0 spiro atoms. The normalized spacial score (nSPS) is 12.0. The van der Waals surface area contributed by atoms with Crippen LogP contribution in [0.3, 0.4) is 0 Å². The van der Waals surface area contributed by atoms with E-state index in [1.807, 2.05) is 12.1 Å². The highest BCUT2D eigenvalue weighted by Gasteiger charge is 2.36. The molecule has 4 heteroatoms. The van der Waals surface area contributed by atoms with Crippen LogP contribution in [0.25, 0.3) is 0 Å². The van der Waals surface area contributed by atoms with E-state index >= 15 is 0 Å². The molecule has 0 aliphatic carbocycles. The predicted molar refractivity (Wildman–Crippen MR) is 84.0 cm³/mol. The lowest BCUT2D eigenvalue weighted by Gasteiger charge is -2.28. The highest BCUT2D eigenvalue weighted by Crippen LogP contribution is 2.36. The van der Waals surface area contributed by atoms with Crippen molar-refractivity contribution in [3.8, 4) is 0 Å². The summed E-state index contributed by atoms with van der Waals surface area (Å²) in [4.78, 5) is 11.9. The van der Waals surface area contributed by atoms with Gasteiger partial charge < -0.3 is 4.74 Å². The van der Waals surface area contributed by atoms with Gasteiger partial charge in [0.1, 0.15) is 5.57 Å². The molecular weight excluding hydrogens is 286 g/mol. The Hall–Kier alpha value is -1.71. The Labute approximate surface area is 131 Å². The van der Waals surface area contributed by atoms with Gasteiger partial charge in [0.25, 0.3) is 6.08 Å². The number of hydrogen-bond donors (Lipinski definition) is 0. The van der Waals surface area contributed by atoms with Crippen molar-refractivity contribution in [2.75, 3.05) is 6.61 Å². The molecule has 0 radical (unpaired) electrons. The fourth-order valence-electron chi connectivity index (χ4n) is 2.30. The van der Waals surface area contributed by atoms with Crippen LogP contribution in [0.4, 0.5) is 8.78 Å². The minimum absolute atomic E-state index is 0.0200. The molecule has 0 fully saturated rings. The molecule has 1 aromatic rings. The summed E-state index contributed by atoms with van der Waals surface area (Å²) >= 11 is 0. The second kappa shape index (κ2) is 6.59. The number of carbonyl (C=O) groups is 1. The van der Waals surface area contributed by atoms with Gasteiger partial charge in [-0.3, -0.25) is 0 Å². The Morgan fingerprint density at radius 3 is 1.82 bits per heavy atom. The zero-order valence-electron chi connectivity index (χ0n) is 14.1. The van der Waals surface area contributed by atoms with Crippen LogP contribution in [0.1, 0.15) is 52.7 Å². The molecule has 0 saturated carbocycles. The molecule has 0 amide bonds. The third kappa shape index (κ3) is 3.93. The van der Waals surface area contributed by atoms with Crippen molar-refractivity contribution in [1.29, 1.82) is 0 Å². The van der Waals surface area contributed by atoms with E-state index in [2.05, 4.69) is 20.8 Å². The lowest BCUT2D eigenvalue weighted by atomic mass is 9.76. The molecule has 0 aliphatic heterocycles. The first-order valence-corrected chi connectivity index (χ1v) is 7.35. The van der Waals surface area contributed by atoms with Crippen LogP contribution in [0.15, 0.2) is 35.9 Å². The Bertz CT molecular complexity index is 560. The van der Waals surface area contributed by atoms with Crippen LogP contribution in [-0.2, 0) is 20.4 Å². The summed E-state index contributed by atoms with van der Waals surface area (Å²) in [6.07, 6.45) is -2.00. The summed E-state index contributed by atoms with van der Waals surface area (Å²) in [6.45, 7) is 11.1. The average molecular weight is 310 g/mol. The van der Waals surface area contributed by atoms with E-state index in [-0.39, 0.29) is 12.0 Å². The number of esters is 1. The number of rotatable bonds is 4. The Morgan fingerprint density at radius 1 is 1.00 bits per heavy atom. The molecule has 0 aliphatic rings. The number of hydrogen-bond acceptors (Lipinski definition) is 2. The largest absolute Gasteiger partial charge is 0.462 e. The van der Waals surface area contributed by atoms with E-state index in [1.54, 1.807) is 32.9 Å². The van der Waals surface area contributed by atoms with E-state index in [4.69, 9.17) is 4.74 Å². The van der Waals surface area contributed by atoms with Crippen LogP contribution in [0, 0.1) is 0 Å². The van der Waals surface area contributed by atoms with Gasteiger partial charge in [0.2, 0.25) is 0 Å². The van der Waals surface area contributed by atoms with Crippen molar-refractivity contribution >= 4 is 5.97 Å². The van der Waals surface area contributed by atoms with Gasteiger partial charge >= 0.3 is 5.97 Å². The molecule has 1 rings (SSSR count). The average Bonchev–Trinajstić information content (AvgIpc) is 2.37. The van der Waals surface area contributed by atoms with E-state index in [1.165, 1.54) is 0 Å². The van der Waals surface area contributed by atoms with Crippen molar-refractivity contribution in [1.82, 2.24) is 0 Å². The molecule has 0 N–H and O–H groups in total. The summed E-state index contributed by atoms with van der Waals surface area (Å²) in [6, 6.07) is 7.41. The van der Waals surface area contributed by atoms with Crippen LogP contribution < -0.4 is 0 Å². The first kappa shape index (κ1) is 18.3. The number of halogens is 2. The van der Waals surface area contributed by atoms with Gasteiger partial charge in [-0.05, 0) is 23.5 Å². The summed E-state index contributed by atoms with van der Waals surface area (Å²) in [5.41, 5.74) is 0.0265. The van der Waals surface area contributed by atoms with Crippen LogP contribution in [0.5, 0.6) is 0 Å². The van der Waals surface area contributed by atoms with E-state index in [0.29, 0.717) is 5.56 Å². The molecule has 1 aromatic carbocycles. The quantitative estimate of drug-likeness (QED) is 0.579. The standard InChI is InChI=1S/C18H24F2O2/c1-7-22-16(21)14(15(19)20)18(5,6)13-10-8-12(9-11-13)17(2,3)4/h8-11H,7H2,1-6H3. The molecule has 0 saturated heterocycles. The highest BCUT2D eigenvalue weighted by atomic mass is 19.3. The minimum atomic E-state index is -2.00. The lowest BCUT2D eigenvalue weighted by molar-refractivity contribution is -0.139. The van der Waals surface area contributed by atoms with E-state index < -0.39 is 23.0 Å². The topological polar surface area (TPSA) is 26.3 Å². The molecule has 0 aromatic heterocycles. The van der Waals surface area contributed by atoms with Gasteiger partial charge in [-0.25, -0.2) is 4.79 Å². The zero-order chi connectivity index (χ0) is 17.1. The van der Waals surface area contributed by atoms with Gasteiger partial charge in [-0.1, -0.05) is 58.9 Å². The smallest absolute Gasteiger partial charge is 0.340 e. The van der Waals surface area contributed by atoms with Gasteiger partial charge in [0.05, 0.1) is 6.61 Å². The predicted octanol–water partition coefficient (Wildman–Crippen LogP) is 4.98. The third-order valence-corrected chi connectivity index (χ3v) is 3.77. The van der Waals surface area contributed by atoms with E-state index in [0.717, 1.165) is 5.56 Å². The molecule has 0 bridgehead atoms. The molecule has 0 heterocycles. The zero-order valence-corrected chi connectivity index (χ0v) is 14.1.